The molecule has 0 aromatic carbocycles. The molecule has 0 fully saturated rings. The van der Waals surface area contributed by atoms with Crippen molar-refractivity contribution < 1.29 is 14.4 Å². The SMILES string of the molecule is CC.CCC.CCNC(=O)/C(=C\CCNC(N)=O)NC(=O)CNC. The minimum atomic E-state index is -0.632. The summed E-state index contributed by atoms with van der Waals surface area (Å²) in [6.07, 6.45) is 3.17. The van der Waals surface area contributed by atoms with Crippen molar-refractivity contribution in [1.29, 1.82) is 0 Å². The molecule has 0 aliphatic carbocycles. The fourth-order valence-corrected chi connectivity index (χ4v) is 1.22. The Labute approximate surface area is 146 Å². The zero-order chi connectivity index (χ0) is 19.4. The van der Waals surface area contributed by atoms with Crippen LogP contribution in [0.2, 0.25) is 0 Å². The maximum absolute atomic E-state index is 11.7. The van der Waals surface area contributed by atoms with Crippen molar-refractivity contribution in [3.63, 3.8) is 0 Å². The number of hydrogen-bond donors (Lipinski definition) is 5. The molecule has 0 unspecified atom stereocenters. The van der Waals surface area contributed by atoms with Crippen molar-refractivity contribution in [1.82, 2.24) is 21.3 Å². The van der Waals surface area contributed by atoms with Crippen LogP contribution in [0.4, 0.5) is 4.79 Å². The largest absolute Gasteiger partial charge is 0.352 e. The van der Waals surface area contributed by atoms with Crippen molar-refractivity contribution in [3.05, 3.63) is 11.8 Å². The van der Waals surface area contributed by atoms with E-state index in [9.17, 15) is 14.4 Å². The summed E-state index contributed by atoms with van der Waals surface area (Å²) in [5, 5.41) is 10.2. The number of nitrogens with two attached hydrogens (primary N) is 1. The Kier molecular flexibility index (Phi) is 23.3. The summed E-state index contributed by atoms with van der Waals surface area (Å²) in [4.78, 5) is 33.6. The minimum Gasteiger partial charge on any atom is -0.352 e. The highest BCUT2D eigenvalue weighted by Crippen LogP contribution is 1.93. The first-order chi connectivity index (χ1) is 11.4. The fraction of sp³-hybridized carbons (Fsp3) is 0.688. The van der Waals surface area contributed by atoms with Gasteiger partial charge >= 0.3 is 6.03 Å². The molecule has 0 atom stereocenters. The van der Waals surface area contributed by atoms with Gasteiger partial charge in [0.05, 0.1) is 6.54 Å². The highest BCUT2D eigenvalue weighted by molar-refractivity contribution is 5.97. The molecule has 8 nitrogen and oxygen atoms in total. The summed E-state index contributed by atoms with van der Waals surface area (Å²) in [6, 6.07) is -0.632. The second-order valence-electron chi connectivity index (χ2n) is 4.34. The van der Waals surface area contributed by atoms with Crippen LogP contribution in [-0.2, 0) is 9.59 Å². The van der Waals surface area contributed by atoms with Crippen LogP contribution in [0.15, 0.2) is 11.8 Å². The summed E-state index contributed by atoms with van der Waals surface area (Å²) in [6.45, 7) is 10.9. The van der Waals surface area contributed by atoms with Gasteiger partial charge in [0.1, 0.15) is 5.70 Å². The quantitative estimate of drug-likeness (QED) is 0.330. The topological polar surface area (TPSA) is 125 Å². The first kappa shape index (κ1) is 26.8. The normalized spacial score (nSPS) is 9.50. The molecule has 0 heterocycles. The van der Waals surface area contributed by atoms with E-state index < -0.39 is 6.03 Å². The van der Waals surface area contributed by atoms with Crippen LogP contribution in [0, 0.1) is 0 Å². The van der Waals surface area contributed by atoms with Gasteiger partial charge < -0.3 is 27.0 Å². The molecular weight excluding hydrogens is 310 g/mol. The van der Waals surface area contributed by atoms with Gasteiger partial charge in [-0.1, -0.05) is 40.2 Å². The van der Waals surface area contributed by atoms with E-state index in [2.05, 4.69) is 35.1 Å². The summed E-state index contributed by atoms with van der Waals surface area (Å²) < 4.78 is 0. The molecule has 0 aliphatic heterocycles. The third kappa shape index (κ3) is 19.9. The van der Waals surface area contributed by atoms with Crippen LogP contribution in [0.3, 0.4) is 0 Å². The van der Waals surface area contributed by atoms with Crippen molar-refractivity contribution >= 4 is 17.8 Å². The van der Waals surface area contributed by atoms with E-state index >= 15 is 0 Å². The van der Waals surface area contributed by atoms with E-state index in [1.165, 1.54) is 12.5 Å². The predicted octanol–water partition coefficient (Wildman–Crippen LogP) is 0.843. The van der Waals surface area contributed by atoms with Gasteiger partial charge in [0.25, 0.3) is 5.91 Å². The Morgan fingerprint density at radius 1 is 1.04 bits per heavy atom. The number of rotatable bonds is 8. The molecule has 0 rings (SSSR count). The number of primary amides is 1. The number of likely N-dealkylation sites (N-methyl/N-ethyl adjacent to an activating group) is 2. The smallest absolute Gasteiger partial charge is 0.312 e. The molecule has 0 saturated carbocycles. The lowest BCUT2D eigenvalue weighted by Crippen LogP contribution is -2.38. The Bertz CT molecular complexity index is 371. The van der Waals surface area contributed by atoms with Crippen molar-refractivity contribution in [2.75, 3.05) is 26.7 Å². The molecule has 0 spiro atoms. The van der Waals surface area contributed by atoms with E-state index in [0.29, 0.717) is 19.5 Å². The lowest BCUT2D eigenvalue weighted by molar-refractivity contribution is -0.123. The molecule has 0 aliphatic rings. The first-order valence-corrected chi connectivity index (χ1v) is 8.38. The number of hydrogen-bond acceptors (Lipinski definition) is 4. The van der Waals surface area contributed by atoms with Crippen LogP contribution in [0.25, 0.3) is 0 Å². The standard InChI is InChI=1S/C11H21N5O3.C3H8.C2H6/c1-3-14-10(18)8(16-9(17)7-13-2)5-4-6-15-11(12)19;1-3-2;1-2/h5,13H,3-4,6-7H2,1-2H3,(H,14,18)(H,16,17)(H3,12,15,19);3H2,1-2H3;1-2H3/b8-5+;;. The zero-order valence-corrected chi connectivity index (χ0v) is 15.9. The van der Waals surface area contributed by atoms with Gasteiger partial charge in [0, 0.05) is 13.1 Å². The Morgan fingerprint density at radius 2 is 1.58 bits per heavy atom. The lowest BCUT2D eigenvalue weighted by Gasteiger charge is -2.09. The van der Waals surface area contributed by atoms with Gasteiger partial charge in [-0.3, -0.25) is 9.59 Å². The Hall–Kier alpha value is -2.09. The van der Waals surface area contributed by atoms with E-state index in [1.807, 2.05) is 13.8 Å². The second-order valence-corrected chi connectivity index (χ2v) is 4.34. The Balaban J connectivity index is -0.000000786. The average Bonchev–Trinajstić information content (AvgIpc) is 2.53. The summed E-state index contributed by atoms with van der Waals surface area (Å²) >= 11 is 0. The highest BCUT2D eigenvalue weighted by Gasteiger charge is 2.11. The van der Waals surface area contributed by atoms with Gasteiger partial charge in [0.15, 0.2) is 0 Å². The van der Waals surface area contributed by atoms with Crippen LogP contribution in [0.5, 0.6) is 0 Å². The van der Waals surface area contributed by atoms with Crippen molar-refractivity contribution in [2.45, 2.75) is 47.5 Å². The maximum Gasteiger partial charge on any atom is 0.312 e. The van der Waals surface area contributed by atoms with Gasteiger partial charge in [-0.25, -0.2) is 4.79 Å². The van der Waals surface area contributed by atoms with Gasteiger partial charge in [0.2, 0.25) is 5.91 Å². The number of carbonyl (C=O) groups is 3. The molecule has 0 radical (unpaired) electrons. The first-order valence-electron chi connectivity index (χ1n) is 8.38. The zero-order valence-electron chi connectivity index (χ0n) is 15.9. The molecule has 8 heteroatoms. The van der Waals surface area contributed by atoms with Gasteiger partial charge in [-0.15, -0.1) is 0 Å². The Morgan fingerprint density at radius 3 is 2.00 bits per heavy atom. The van der Waals surface area contributed by atoms with E-state index in [1.54, 1.807) is 14.0 Å². The summed E-state index contributed by atoms with van der Waals surface area (Å²) in [5.74, 6) is -0.686. The van der Waals surface area contributed by atoms with E-state index in [-0.39, 0.29) is 24.1 Å². The molecule has 0 saturated heterocycles. The maximum atomic E-state index is 11.7. The lowest BCUT2D eigenvalue weighted by atomic mass is 10.3. The van der Waals surface area contributed by atoms with Crippen LogP contribution in [0.1, 0.15) is 47.5 Å². The van der Waals surface area contributed by atoms with Crippen LogP contribution in [-0.4, -0.2) is 44.5 Å². The number of nitrogens with one attached hydrogen (secondary N) is 4. The average molecular weight is 345 g/mol. The van der Waals surface area contributed by atoms with Crippen molar-refractivity contribution in [2.24, 2.45) is 5.73 Å². The minimum absolute atomic E-state index is 0.107. The van der Waals surface area contributed by atoms with E-state index in [4.69, 9.17) is 5.73 Å². The monoisotopic (exact) mass is 345 g/mol. The van der Waals surface area contributed by atoms with E-state index in [0.717, 1.165) is 0 Å². The third-order valence-electron chi connectivity index (χ3n) is 1.99. The molecule has 24 heavy (non-hydrogen) atoms. The number of carbonyl (C=O) groups excluding carboxylic acids is 3. The molecule has 0 aromatic heterocycles. The van der Waals surface area contributed by atoms with Gasteiger partial charge in [-0.2, -0.15) is 0 Å². The molecule has 6 N–H and O–H groups in total. The molecule has 0 bridgehead atoms. The molecule has 4 amide bonds. The number of urea groups is 1. The molecule has 0 aromatic rings. The predicted molar refractivity (Wildman–Crippen MR) is 98.4 cm³/mol. The van der Waals surface area contributed by atoms with Crippen molar-refractivity contribution in [3.8, 4) is 0 Å². The summed E-state index contributed by atoms with van der Waals surface area (Å²) in [7, 11) is 1.63. The second kappa shape index (κ2) is 20.9. The molecule has 142 valence electrons. The van der Waals surface area contributed by atoms with Crippen LogP contribution < -0.4 is 27.0 Å². The number of amides is 4. The third-order valence-corrected chi connectivity index (χ3v) is 1.99. The summed E-state index contributed by atoms with van der Waals surface area (Å²) in [5.41, 5.74) is 5.07. The molecular formula is C16H35N5O3. The van der Waals surface area contributed by atoms with Crippen LogP contribution >= 0.6 is 0 Å². The van der Waals surface area contributed by atoms with Gasteiger partial charge in [-0.05, 0) is 20.4 Å². The highest BCUT2D eigenvalue weighted by atomic mass is 16.2. The fourth-order valence-electron chi connectivity index (χ4n) is 1.22.